The van der Waals surface area contributed by atoms with E-state index < -0.39 is 12.0 Å². The summed E-state index contributed by atoms with van der Waals surface area (Å²) in [6, 6.07) is 15.0. The largest absolute Gasteiger partial charge is 0.480 e. The van der Waals surface area contributed by atoms with E-state index >= 15 is 0 Å². The van der Waals surface area contributed by atoms with E-state index in [2.05, 4.69) is 5.92 Å². The summed E-state index contributed by atoms with van der Waals surface area (Å²) in [4.78, 5) is 33.5. The summed E-state index contributed by atoms with van der Waals surface area (Å²) in [7, 11) is 0. The van der Waals surface area contributed by atoms with Crippen LogP contribution in [0.15, 0.2) is 75.0 Å². The molecular formula is C30H26N2O4S2. The summed E-state index contributed by atoms with van der Waals surface area (Å²) in [5.41, 5.74) is 1.65. The van der Waals surface area contributed by atoms with E-state index in [0.717, 1.165) is 27.6 Å². The molecule has 0 amide bonds. The maximum atomic E-state index is 14.0. The van der Waals surface area contributed by atoms with Gasteiger partial charge in [-0.25, -0.2) is 9.79 Å². The van der Waals surface area contributed by atoms with Gasteiger partial charge in [-0.2, -0.15) is 0 Å². The number of aromatic nitrogens is 1. The lowest BCUT2D eigenvalue weighted by molar-refractivity contribution is -0.139. The number of hydrogen-bond donors (Lipinski definition) is 0. The average molecular weight is 543 g/mol. The Morgan fingerprint density at radius 2 is 2.03 bits per heavy atom. The SMILES string of the molecule is C#CCOc1ccc2ccccc2c1/C=c1\sc2n(c1=O)[C@@H](c1cccs1)C(C(=O)OCC)=C(CCC)N=2. The van der Waals surface area contributed by atoms with Crippen LogP contribution in [-0.4, -0.2) is 23.8 Å². The maximum absolute atomic E-state index is 14.0. The molecule has 0 aliphatic carbocycles. The minimum atomic E-state index is -0.598. The highest BCUT2D eigenvalue weighted by Gasteiger charge is 2.34. The summed E-state index contributed by atoms with van der Waals surface area (Å²) in [5.74, 6) is 2.67. The molecule has 38 heavy (non-hydrogen) atoms. The zero-order valence-electron chi connectivity index (χ0n) is 21.1. The van der Waals surface area contributed by atoms with Gasteiger partial charge in [0.15, 0.2) is 4.80 Å². The van der Waals surface area contributed by atoms with Crippen molar-refractivity contribution in [3.8, 4) is 18.1 Å². The molecule has 192 valence electrons. The third kappa shape index (κ3) is 4.71. The summed E-state index contributed by atoms with van der Waals surface area (Å²) in [5, 5.41) is 3.91. The molecule has 0 N–H and O–H groups in total. The molecule has 0 spiro atoms. The molecule has 3 heterocycles. The number of terminal acetylenes is 1. The van der Waals surface area contributed by atoms with Gasteiger partial charge in [0.05, 0.1) is 22.4 Å². The van der Waals surface area contributed by atoms with Crippen LogP contribution in [0.25, 0.3) is 16.8 Å². The standard InChI is InChI=1S/C30H26N2O4S2/c1-4-10-22-26(29(34)35-6-3)27(24-13-9-17-37-24)32-28(33)25(38-30(32)31-22)18-21-20-12-8-7-11-19(20)14-15-23(21)36-16-5-2/h2,7-9,11-15,17-18,27H,4,6,10,16H2,1,3H3/b25-18-/t27-/m0/s1. The fraction of sp³-hybridized carbons (Fsp3) is 0.233. The van der Waals surface area contributed by atoms with Crippen LogP contribution in [0, 0.1) is 12.3 Å². The first kappa shape index (κ1) is 25.7. The van der Waals surface area contributed by atoms with Crippen molar-refractivity contribution in [2.45, 2.75) is 32.7 Å². The number of carbonyl (C=O) groups is 1. The molecule has 0 radical (unpaired) electrons. The second kappa shape index (κ2) is 11.2. The number of esters is 1. The van der Waals surface area contributed by atoms with Gasteiger partial charge in [-0.3, -0.25) is 9.36 Å². The Labute approximate surface area is 228 Å². The number of nitrogens with zero attached hydrogens (tertiary/aromatic N) is 2. The maximum Gasteiger partial charge on any atom is 0.338 e. The van der Waals surface area contributed by atoms with E-state index in [1.54, 1.807) is 11.5 Å². The Morgan fingerprint density at radius 1 is 1.18 bits per heavy atom. The number of benzene rings is 2. The predicted molar refractivity (Wildman–Crippen MR) is 152 cm³/mol. The number of fused-ring (bicyclic) bond motifs is 2. The molecule has 0 saturated heterocycles. The molecule has 4 aromatic rings. The third-order valence-corrected chi connectivity index (χ3v) is 8.13. The van der Waals surface area contributed by atoms with E-state index in [-0.39, 0.29) is 18.8 Å². The van der Waals surface area contributed by atoms with Crippen molar-refractivity contribution in [1.82, 2.24) is 4.57 Å². The predicted octanol–water partition coefficient (Wildman–Crippen LogP) is 4.81. The summed E-state index contributed by atoms with van der Waals surface area (Å²) >= 11 is 2.81. The molecule has 1 aliphatic rings. The summed E-state index contributed by atoms with van der Waals surface area (Å²) in [6.07, 6.45) is 8.70. The smallest absolute Gasteiger partial charge is 0.338 e. The van der Waals surface area contributed by atoms with Gasteiger partial charge in [0, 0.05) is 10.4 Å². The van der Waals surface area contributed by atoms with Crippen LogP contribution in [0.1, 0.15) is 43.2 Å². The van der Waals surface area contributed by atoms with Crippen LogP contribution >= 0.6 is 22.7 Å². The average Bonchev–Trinajstić information content (AvgIpc) is 3.56. The molecule has 2 aromatic heterocycles. The van der Waals surface area contributed by atoms with Crippen molar-refractivity contribution < 1.29 is 14.3 Å². The van der Waals surface area contributed by atoms with Crippen molar-refractivity contribution in [2.75, 3.05) is 13.2 Å². The van der Waals surface area contributed by atoms with E-state index in [4.69, 9.17) is 20.9 Å². The van der Waals surface area contributed by atoms with Crippen molar-refractivity contribution in [1.29, 1.82) is 0 Å². The summed E-state index contributed by atoms with van der Waals surface area (Å²) in [6.45, 7) is 4.17. The van der Waals surface area contributed by atoms with Gasteiger partial charge >= 0.3 is 5.97 Å². The third-order valence-electron chi connectivity index (χ3n) is 6.22. The number of ether oxygens (including phenoxy) is 2. The van der Waals surface area contributed by atoms with Gasteiger partial charge in [0.2, 0.25) is 0 Å². The number of rotatable bonds is 8. The summed E-state index contributed by atoms with van der Waals surface area (Å²) < 4.78 is 13.4. The highest BCUT2D eigenvalue weighted by Crippen LogP contribution is 2.35. The molecule has 6 nitrogen and oxygen atoms in total. The van der Waals surface area contributed by atoms with E-state index in [9.17, 15) is 9.59 Å². The highest BCUT2D eigenvalue weighted by molar-refractivity contribution is 7.10. The molecular weight excluding hydrogens is 516 g/mol. The molecule has 0 saturated carbocycles. The van der Waals surface area contributed by atoms with Gasteiger partial charge in [0.1, 0.15) is 18.4 Å². The quantitative estimate of drug-likeness (QED) is 0.237. The normalized spacial score (nSPS) is 15.2. The van der Waals surface area contributed by atoms with Crippen LogP contribution in [0.3, 0.4) is 0 Å². The van der Waals surface area contributed by atoms with Gasteiger partial charge < -0.3 is 9.47 Å². The fourth-order valence-corrected chi connectivity index (χ4v) is 6.46. The van der Waals surface area contributed by atoms with Crippen molar-refractivity contribution >= 4 is 45.5 Å². The Morgan fingerprint density at radius 3 is 2.76 bits per heavy atom. The Kier molecular flexibility index (Phi) is 7.59. The number of carbonyl (C=O) groups excluding carboxylic acids is 1. The first-order chi connectivity index (χ1) is 18.6. The van der Waals surface area contributed by atoms with Crippen LogP contribution in [0.4, 0.5) is 0 Å². The first-order valence-electron chi connectivity index (χ1n) is 12.4. The molecule has 5 rings (SSSR count). The molecule has 0 unspecified atom stereocenters. The lowest BCUT2D eigenvalue weighted by Crippen LogP contribution is -2.39. The second-order valence-corrected chi connectivity index (χ2v) is 10.6. The zero-order valence-corrected chi connectivity index (χ0v) is 22.7. The molecule has 1 atom stereocenters. The minimum absolute atomic E-state index is 0.113. The van der Waals surface area contributed by atoms with Crippen LogP contribution < -0.4 is 19.6 Å². The number of hydrogen-bond acceptors (Lipinski definition) is 7. The lowest BCUT2D eigenvalue weighted by atomic mass is 9.99. The monoisotopic (exact) mass is 542 g/mol. The Hall–Kier alpha value is -3.93. The van der Waals surface area contributed by atoms with E-state index in [1.165, 1.54) is 22.7 Å². The fourth-order valence-electron chi connectivity index (χ4n) is 4.64. The zero-order chi connectivity index (χ0) is 26.6. The Balaban J connectivity index is 1.78. The molecule has 1 aliphatic heterocycles. The van der Waals surface area contributed by atoms with Crippen molar-refractivity contribution in [2.24, 2.45) is 4.99 Å². The first-order valence-corrected chi connectivity index (χ1v) is 14.1. The van der Waals surface area contributed by atoms with Gasteiger partial charge in [-0.05, 0) is 47.7 Å². The van der Waals surface area contributed by atoms with Crippen molar-refractivity contribution in [3.63, 3.8) is 0 Å². The van der Waals surface area contributed by atoms with Crippen molar-refractivity contribution in [3.05, 3.63) is 95.3 Å². The minimum Gasteiger partial charge on any atom is -0.480 e. The lowest BCUT2D eigenvalue weighted by Gasteiger charge is -2.24. The Bertz CT molecular complexity index is 1750. The molecule has 0 bridgehead atoms. The van der Waals surface area contributed by atoms with Gasteiger partial charge in [0.25, 0.3) is 5.56 Å². The van der Waals surface area contributed by atoms with E-state index in [1.807, 2.05) is 66.9 Å². The second-order valence-electron chi connectivity index (χ2n) is 8.62. The molecule has 0 fully saturated rings. The molecule has 2 aromatic carbocycles. The van der Waals surface area contributed by atoms with Crippen LogP contribution in [0.5, 0.6) is 5.75 Å². The van der Waals surface area contributed by atoms with Crippen LogP contribution in [0.2, 0.25) is 0 Å². The van der Waals surface area contributed by atoms with Gasteiger partial charge in [-0.1, -0.05) is 67.0 Å². The number of allylic oxidation sites excluding steroid dienone is 1. The number of thiazole rings is 1. The molecule has 8 heteroatoms. The topological polar surface area (TPSA) is 69.9 Å². The number of thiophene rings is 1. The van der Waals surface area contributed by atoms with Gasteiger partial charge in [-0.15, -0.1) is 17.8 Å². The van der Waals surface area contributed by atoms with E-state index in [0.29, 0.717) is 32.8 Å². The highest BCUT2D eigenvalue weighted by atomic mass is 32.1. The van der Waals surface area contributed by atoms with Crippen LogP contribution in [-0.2, 0) is 9.53 Å².